The number of fused-ring (bicyclic) bond motifs is 1. The van der Waals surface area contributed by atoms with Gasteiger partial charge in [-0.05, 0) is 55.7 Å². The highest BCUT2D eigenvalue weighted by Crippen LogP contribution is 2.29. The predicted molar refractivity (Wildman–Crippen MR) is 80.7 cm³/mol. The molecule has 0 N–H and O–H groups in total. The number of pyridine rings is 1. The number of hydrogen-bond acceptors (Lipinski definition) is 3. The van der Waals surface area contributed by atoms with Gasteiger partial charge in [-0.1, -0.05) is 0 Å². The van der Waals surface area contributed by atoms with Gasteiger partial charge in [-0.2, -0.15) is 0 Å². The fourth-order valence-corrected chi connectivity index (χ4v) is 2.67. The predicted octanol–water partition coefficient (Wildman–Crippen LogP) is 2.88. The Morgan fingerprint density at radius 1 is 1.19 bits per heavy atom. The first kappa shape index (κ1) is 13.5. The number of anilines is 1. The molecular weight excluding hydrogens is 264 g/mol. The maximum Gasteiger partial charge on any atom is 0.259 e. The van der Waals surface area contributed by atoms with Gasteiger partial charge in [0.1, 0.15) is 0 Å². The summed E-state index contributed by atoms with van der Waals surface area (Å²) >= 11 is 0. The third-order valence-electron chi connectivity index (χ3n) is 3.76. The molecule has 0 saturated carbocycles. The molecule has 0 unspecified atom stereocenters. The summed E-state index contributed by atoms with van der Waals surface area (Å²) in [5.74, 6) is 0.00753. The number of Topliss-reactive ketones (excluding diaryl/α,β-unsaturated/α-hetero) is 1. The molecule has 0 atom stereocenters. The number of aryl methyl sites for hydroxylation is 1. The largest absolute Gasteiger partial charge is 0.308 e. The maximum atomic E-state index is 12.6. The number of carbonyl (C=O) groups is 2. The molecule has 106 valence electrons. The second-order valence-corrected chi connectivity index (χ2v) is 5.20. The van der Waals surface area contributed by atoms with E-state index in [0.717, 1.165) is 24.1 Å². The fraction of sp³-hybridized carbons (Fsp3) is 0.235. The lowest BCUT2D eigenvalue weighted by atomic mass is 9.97. The molecule has 0 saturated heterocycles. The van der Waals surface area contributed by atoms with Crippen molar-refractivity contribution in [3.05, 3.63) is 59.4 Å². The molecular formula is C17H16N2O2. The number of nitrogens with zero attached hydrogens (tertiary/aromatic N) is 2. The van der Waals surface area contributed by atoms with Crippen molar-refractivity contribution in [1.29, 1.82) is 0 Å². The van der Waals surface area contributed by atoms with E-state index in [0.29, 0.717) is 17.7 Å². The van der Waals surface area contributed by atoms with Crippen LogP contribution < -0.4 is 4.90 Å². The minimum atomic E-state index is -0.0420. The van der Waals surface area contributed by atoms with Crippen molar-refractivity contribution in [2.24, 2.45) is 0 Å². The Hall–Kier alpha value is -2.49. The van der Waals surface area contributed by atoms with Crippen molar-refractivity contribution in [2.45, 2.75) is 19.8 Å². The Morgan fingerprint density at radius 2 is 2.05 bits per heavy atom. The first-order chi connectivity index (χ1) is 10.2. The number of hydrogen-bond donors (Lipinski definition) is 0. The lowest BCUT2D eigenvalue weighted by Gasteiger charge is -2.29. The van der Waals surface area contributed by atoms with Crippen LogP contribution in [0.3, 0.4) is 0 Å². The molecule has 0 aliphatic carbocycles. The van der Waals surface area contributed by atoms with E-state index in [1.807, 2.05) is 12.1 Å². The van der Waals surface area contributed by atoms with Gasteiger partial charge in [0.2, 0.25) is 0 Å². The Kier molecular flexibility index (Phi) is 3.52. The van der Waals surface area contributed by atoms with Gasteiger partial charge in [-0.25, -0.2) is 0 Å². The molecule has 3 rings (SSSR count). The number of aromatic nitrogens is 1. The van der Waals surface area contributed by atoms with Gasteiger partial charge >= 0.3 is 0 Å². The van der Waals surface area contributed by atoms with Crippen LogP contribution >= 0.6 is 0 Å². The van der Waals surface area contributed by atoms with Crippen LogP contribution in [0.25, 0.3) is 0 Å². The molecule has 4 heteroatoms. The van der Waals surface area contributed by atoms with Crippen molar-refractivity contribution >= 4 is 17.4 Å². The van der Waals surface area contributed by atoms with Crippen LogP contribution in [-0.2, 0) is 6.42 Å². The molecule has 1 aromatic heterocycles. The summed E-state index contributed by atoms with van der Waals surface area (Å²) in [4.78, 5) is 29.9. The van der Waals surface area contributed by atoms with Gasteiger partial charge < -0.3 is 4.90 Å². The first-order valence-electron chi connectivity index (χ1n) is 7.02. The molecule has 4 nitrogen and oxygen atoms in total. The third kappa shape index (κ3) is 2.57. The first-order valence-corrected chi connectivity index (χ1v) is 7.02. The molecule has 2 aromatic rings. The molecule has 1 aliphatic rings. The molecule has 21 heavy (non-hydrogen) atoms. The second kappa shape index (κ2) is 5.48. The van der Waals surface area contributed by atoms with E-state index >= 15 is 0 Å². The summed E-state index contributed by atoms with van der Waals surface area (Å²) in [7, 11) is 0. The van der Waals surface area contributed by atoms with E-state index in [9.17, 15) is 9.59 Å². The van der Waals surface area contributed by atoms with Gasteiger partial charge in [0.15, 0.2) is 5.78 Å². The van der Waals surface area contributed by atoms with Crippen LogP contribution in [0.5, 0.6) is 0 Å². The summed E-state index contributed by atoms with van der Waals surface area (Å²) in [5.41, 5.74) is 3.25. The molecule has 1 aliphatic heterocycles. The monoisotopic (exact) mass is 280 g/mol. The zero-order valence-corrected chi connectivity index (χ0v) is 11.9. The van der Waals surface area contributed by atoms with Crippen LogP contribution in [0.2, 0.25) is 0 Å². The van der Waals surface area contributed by atoms with Crippen molar-refractivity contribution in [2.75, 3.05) is 11.4 Å². The lowest BCUT2D eigenvalue weighted by Crippen LogP contribution is -2.35. The highest BCUT2D eigenvalue weighted by molar-refractivity contribution is 6.07. The van der Waals surface area contributed by atoms with E-state index in [4.69, 9.17) is 0 Å². The summed E-state index contributed by atoms with van der Waals surface area (Å²) in [6, 6.07) is 9.10. The summed E-state index contributed by atoms with van der Waals surface area (Å²) in [6.07, 6.45) is 5.04. The van der Waals surface area contributed by atoms with Gasteiger partial charge in [0.05, 0.1) is 5.56 Å². The normalized spacial score (nSPS) is 13.7. The van der Waals surface area contributed by atoms with E-state index in [-0.39, 0.29) is 11.7 Å². The summed E-state index contributed by atoms with van der Waals surface area (Å²) in [6.45, 7) is 2.25. The van der Waals surface area contributed by atoms with Crippen molar-refractivity contribution in [3.8, 4) is 0 Å². The highest BCUT2D eigenvalue weighted by atomic mass is 16.2. The third-order valence-corrected chi connectivity index (χ3v) is 3.76. The zero-order chi connectivity index (χ0) is 14.8. The van der Waals surface area contributed by atoms with Crippen LogP contribution in [0, 0.1) is 0 Å². The fourth-order valence-electron chi connectivity index (χ4n) is 2.67. The van der Waals surface area contributed by atoms with E-state index in [1.54, 1.807) is 42.4 Å². The number of carbonyl (C=O) groups excluding carboxylic acids is 2. The molecule has 0 fully saturated rings. The Bertz CT molecular complexity index is 695. The van der Waals surface area contributed by atoms with Crippen LogP contribution in [0.15, 0.2) is 42.7 Å². The molecule has 1 aromatic carbocycles. The van der Waals surface area contributed by atoms with Crippen LogP contribution in [0.4, 0.5) is 5.69 Å². The number of benzene rings is 1. The number of ketones is 1. The lowest BCUT2D eigenvalue weighted by molar-refractivity contribution is 0.0983. The van der Waals surface area contributed by atoms with Gasteiger partial charge in [0.25, 0.3) is 5.91 Å². The van der Waals surface area contributed by atoms with E-state index in [2.05, 4.69) is 4.98 Å². The maximum absolute atomic E-state index is 12.6. The quantitative estimate of drug-likeness (QED) is 0.795. The minimum absolute atomic E-state index is 0.0420. The molecule has 0 spiro atoms. The Morgan fingerprint density at radius 3 is 2.76 bits per heavy atom. The standard InChI is InChI=1S/C17H16N2O2/c1-12(20)13-6-7-16-14(10-13)5-3-9-19(16)17(21)15-4-2-8-18-11-15/h2,4,6-8,10-11H,3,5,9H2,1H3. The average Bonchev–Trinajstić information content (AvgIpc) is 2.54. The zero-order valence-electron chi connectivity index (χ0n) is 11.9. The van der Waals surface area contributed by atoms with Crippen LogP contribution in [-0.4, -0.2) is 23.2 Å². The second-order valence-electron chi connectivity index (χ2n) is 5.20. The van der Waals surface area contributed by atoms with Crippen LogP contribution in [0.1, 0.15) is 39.6 Å². The van der Waals surface area contributed by atoms with Crippen molar-refractivity contribution in [3.63, 3.8) is 0 Å². The molecule has 0 radical (unpaired) electrons. The van der Waals surface area contributed by atoms with Gasteiger partial charge in [0, 0.05) is 30.2 Å². The minimum Gasteiger partial charge on any atom is -0.308 e. The SMILES string of the molecule is CC(=O)c1ccc2c(c1)CCCN2C(=O)c1cccnc1. The molecule has 1 amide bonds. The Labute approximate surface area is 123 Å². The van der Waals surface area contributed by atoms with Gasteiger partial charge in [-0.15, -0.1) is 0 Å². The topological polar surface area (TPSA) is 50.3 Å². The van der Waals surface area contributed by atoms with E-state index in [1.165, 1.54) is 0 Å². The average molecular weight is 280 g/mol. The highest BCUT2D eigenvalue weighted by Gasteiger charge is 2.24. The summed E-state index contributed by atoms with van der Waals surface area (Å²) < 4.78 is 0. The molecule has 2 heterocycles. The number of amides is 1. The van der Waals surface area contributed by atoms with Gasteiger partial charge in [-0.3, -0.25) is 14.6 Å². The number of rotatable bonds is 2. The summed E-state index contributed by atoms with van der Waals surface area (Å²) in [5, 5.41) is 0. The molecule has 0 bridgehead atoms. The Balaban J connectivity index is 1.97. The smallest absolute Gasteiger partial charge is 0.259 e. The van der Waals surface area contributed by atoms with Crippen molar-refractivity contribution < 1.29 is 9.59 Å². The van der Waals surface area contributed by atoms with E-state index < -0.39 is 0 Å². The van der Waals surface area contributed by atoms with Crippen molar-refractivity contribution in [1.82, 2.24) is 4.98 Å².